The first-order valence-corrected chi connectivity index (χ1v) is 11.7. The molecule has 1 N–H and O–H groups in total. The number of rotatable bonds is 10. The van der Waals surface area contributed by atoms with Crippen LogP contribution in [0, 0.1) is 6.92 Å². The molecule has 0 radical (unpaired) electrons. The van der Waals surface area contributed by atoms with Crippen LogP contribution in [0.15, 0.2) is 30.3 Å². The first-order chi connectivity index (χ1) is 16.4. The lowest BCUT2D eigenvalue weighted by Gasteiger charge is -2.13. The summed E-state index contributed by atoms with van der Waals surface area (Å²) in [5.41, 5.74) is 2.69. The minimum atomic E-state index is 0.00155. The van der Waals surface area contributed by atoms with Crippen molar-refractivity contribution in [3.63, 3.8) is 0 Å². The summed E-state index contributed by atoms with van der Waals surface area (Å²) in [5.74, 6) is 2.60. The summed E-state index contributed by atoms with van der Waals surface area (Å²) >= 11 is 12.2. The number of aryl methyl sites for hydroxylation is 1. The number of nitrogens with one attached hydrogen (secondary N) is 1. The predicted molar refractivity (Wildman–Crippen MR) is 134 cm³/mol. The fraction of sp³-hybridized carbons (Fsp3) is 0.333. The van der Waals surface area contributed by atoms with Crippen LogP contribution in [-0.2, 0) is 0 Å². The number of unbranched alkanes of at least 4 members (excludes halogenated alkanes) is 2. The average Bonchev–Trinajstić information content (AvgIpc) is 3.23. The highest BCUT2D eigenvalue weighted by Crippen LogP contribution is 2.33. The number of benzene rings is 2. The van der Waals surface area contributed by atoms with Crippen molar-refractivity contribution in [2.24, 2.45) is 0 Å². The van der Waals surface area contributed by atoms with Crippen molar-refractivity contribution >= 4 is 51.5 Å². The smallest absolute Gasteiger partial charge is 0.204 e. The number of ketones is 1. The number of anilines is 1. The molecule has 2 heterocycles. The van der Waals surface area contributed by atoms with Gasteiger partial charge in [-0.1, -0.05) is 35.7 Å². The molecule has 0 atom stereocenters. The molecule has 0 aliphatic carbocycles. The summed E-state index contributed by atoms with van der Waals surface area (Å²) in [6, 6.07) is 8.83. The number of Topliss-reactive ketones (excluding diaryl/α,β-unsaturated/α-hetero) is 1. The van der Waals surface area contributed by atoms with E-state index in [2.05, 4.69) is 15.5 Å². The Morgan fingerprint density at radius 2 is 1.82 bits per heavy atom. The summed E-state index contributed by atoms with van der Waals surface area (Å²) in [6.45, 7) is 2.57. The maximum absolute atomic E-state index is 12.4. The van der Waals surface area contributed by atoms with Gasteiger partial charge in [0, 0.05) is 30.7 Å². The molecule has 4 rings (SSSR count). The van der Waals surface area contributed by atoms with Crippen molar-refractivity contribution in [1.29, 1.82) is 0 Å². The Morgan fingerprint density at radius 1 is 1.06 bits per heavy atom. The van der Waals surface area contributed by atoms with Crippen molar-refractivity contribution < 1.29 is 14.3 Å². The molecule has 0 aliphatic rings. The van der Waals surface area contributed by atoms with Gasteiger partial charge in [-0.05, 0) is 31.9 Å². The molecule has 2 aromatic carbocycles. The van der Waals surface area contributed by atoms with Gasteiger partial charge in [0.25, 0.3) is 0 Å². The number of hydrogen-bond donors (Lipinski definition) is 1. The Labute approximate surface area is 207 Å². The molecule has 0 unspecified atom stereocenters. The first-order valence-electron chi connectivity index (χ1n) is 10.9. The number of nitrogens with zero attached hydrogens (tertiary/aromatic N) is 4. The molecule has 0 saturated heterocycles. The predicted octanol–water partition coefficient (Wildman–Crippen LogP) is 5.77. The van der Waals surface area contributed by atoms with Crippen LogP contribution in [-0.4, -0.2) is 46.1 Å². The second-order valence-corrected chi connectivity index (χ2v) is 8.61. The lowest BCUT2D eigenvalue weighted by molar-refractivity contribution is 0.0979. The lowest BCUT2D eigenvalue weighted by atomic mass is 10.0. The Hall–Kier alpha value is -3.10. The highest BCUT2D eigenvalue weighted by Gasteiger charge is 2.16. The van der Waals surface area contributed by atoms with E-state index in [0.717, 1.165) is 36.1 Å². The van der Waals surface area contributed by atoms with Gasteiger partial charge in [-0.2, -0.15) is 0 Å². The molecule has 0 saturated carbocycles. The van der Waals surface area contributed by atoms with Crippen molar-refractivity contribution in [3.8, 4) is 11.5 Å². The molecule has 0 amide bonds. The SMILES string of the molecule is COc1cc2nc(NCCCCCC(=O)c3cccc(Cl)c3Cl)c3nnc(C)n3c2cc1OC. The van der Waals surface area contributed by atoms with E-state index in [-0.39, 0.29) is 5.78 Å². The van der Waals surface area contributed by atoms with E-state index >= 15 is 0 Å². The highest BCUT2D eigenvalue weighted by atomic mass is 35.5. The van der Waals surface area contributed by atoms with E-state index in [1.54, 1.807) is 32.4 Å². The third-order valence-electron chi connectivity index (χ3n) is 5.62. The van der Waals surface area contributed by atoms with Crippen LogP contribution in [0.25, 0.3) is 16.7 Å². The standard InChI is InChI=1S/C24H25Cl2N5O3/c1-14-29-30-24-23(28-17-12-20(33-2)21(34-3)13-18(17)31(14)24)27-11-6-4-5-10-19(32)15-8-7-9-16(25)22(15)26/h7-9,12-13H,4-6,10-11H2,1-3H3,(H,27,28). The van der Waals surface area contributed by atoms with E-state index < -0.39 is 0 Å². The quantitative estimate of drug-likeness (QED) is 0.218. The van der Waals surface area contributed by atoms with E-state index in [1.165, 1.54) is 0 Å². The van der Waals surface area contributed by atoms with Crippen LogP contribution in [0.1, 0.15) is 41.9 Å². The number of aromatic nitrogens is 4. The summed E-state index contributed by atoms with van der Waals surface area (Å²) < 4.78 is 12.8. The van der Waals surface area contributed by atoms with Gasteiger partial charge in [-0.25, -0.2) is 4.98 Å². The van der Waals surface area contributed by atoms with Crippen LogP contribution in [0.5, 0.6) is 11.5 Å². The van der Waals surface area contributed by atoms with Crippen molar-refractivity contribution in [2.75, 3.05) is 26.1 Å². The number of halogens is 2. The minimum absolute atomic E-state index is 0.00155. The second-order valence-electron chi connectivity index (χ2n) is 7.82. The first kappa shape index (κ1) is 24.0. The van der Waals surface area contributed by atoms with Crippen LogP contribution in [0.3, 0.4) is 0 Å². The van der Waals surface area contributed by atoms with Crippen LogP contribution >= 0.6 is 23.2 Å². The molecule has 8 nitrogen and oxygen atoms in total. The Bertz CT molecular complexity index is 1360. The zero-order valence-electron chi connectivity index (χ0n) is 19.2. The molecule has 10 heteroatoms. The number of methoxy groups -OCH3 is 2. The average molecular weight is 502 g/mol. The van der Waals surface area contributed by atoms with Gasteiger partial charge < -0.3 is 14.8 Å². The van der Waals surface area contributed by atoms with E-state index in [0.29, 0.717) is 51.5 Å². The van der Waals surface area contributed by atoms with E-state index in [4.69, 9.17) is 37.7 Å². The van der Waals surface area contributed by atoms with Crippen LogP contribution < -0.4 is 14.8 Å². The Morgan fingerprint density at radius 3 is 2.59 bits per heavy atom. The third kappa shape index (κ3) is 4.74. The largest absolute Gasteiger partial charge is 0.493 e. The summed E-state index contributed by atoms with van der Waals surface area (Å²) in [4.78, 5) is 17.2. The highest BCUT2D eigenvalue weighted by molar-refractivity contribution is 6.43. The van der Waals surface area contributed by atoms with Crippen molar-refractivity contribution in [1.82, 2.24) is 19.6 Å². The molecule has 34 heavy (non-hydrogen) atoms. The van der Waals surface area contributed by atoms with Crippen LogP contribution in [0.2, 0.25) is 10.0 Å². The zero-order chi connectivity index (χ0) is 24.2. The molecule has 178 valence electrons. The van der Waals surface area contributed by atoms with Gasteiger partial charge in [0.15, 0.2) is 23.1 Å². The van der Waals surface area contributed by atoms with Gasteiger partial charge in [-0.3, -0.25) is 9.20 Å². The van der Waals surface area contributed by atoms with Crippen molar-refractivity contribution in [2.45, 2.75) is 32.6 Å². The van der Waals surface area contributed by atoms with E-state index in [9.17, 15) is 4.79 Å². The van der Waals surface area contributed by atoms with Gasteiger partial charge in [-0.15, -0.1) is 10.2 Å². The minimum Gasteiger partial charge on any atom is -0.493 e. The lowest BCUT2D eigenvalue weighted by Crippen LogP contribution is -2.07. The molecule has 2 aromatic heterocycles. The molecule has 0 bridgehead atoms. The van der Waals surface area contributed by atoms with Crippen molar-refractivity contribution in [3.05, 3.63) is 51.8 Å². The number of ether oxygens (including phenoxy) is 2. The monoisotopic (exact) mass is 501 g/mol. The fourth-order valence-electron chi connectivity index (χ4n) is 3.87. The molecule has 0 fully saturated rings. The maximum Gasteiger partial charge on any atom is 0.204 e. The fourth-order valence-corrected chi connectivity index (χ4v) is 4.27. The summed E-state index contributed by atoms with van der Waals surface area (Å²) in [7, 11) is 3.19. The normalized spacial score (nSPS) is 11.2. The Kier molecular flexibility index (Phi) is 7.38. The molecule has 4 aromatic rings. The van der Waals surface area contributed by atoms with Gasteiger partial charge in [0.05, 0.1) is 35.3 Å². The molecule has 0 spiro atoms. The number of hydrogen-bond acceptors (Lipinski definition) is 7. The molecular weight excluding hydrogens is 477 g/mol. The summed E-state index contributed by atoms with van der Waals surface area (Å²) in [5, 5.41) is 12.6. The van der Waals surface area contributed by atoms with Crippen LogP contribution in [0.4, 0.5) is 5.82 Å². The Balaban J connectivity index is 1.41. The van der Waals surface area contributed by atoms with Gasteiger partial charge >= 0.3 is 0 Å². The zero-order valence-corrected chi connectivity index (χ0v) is 20.7. The maximum atomic E-state index is 12.4. The number of carbonyl (C=O) groups is 1. The summed E-state index contributed by atoms with van der Waals surface area (Å²) in [6.07, 6.45) is 2.91. The topological polar surface area (TPSA) is 90.6 Å². The molecular formula is C24H25Cl2N5O3. The number of fused-ring (bicyclic) bond motifs is 3. The molecule has 0 aliphatic heterocycles. The van der Waals surface area contributed by atoms with Gasteiger partial charge in [0.1, 0.15) is 5.82 Å². The van der Waals surface area contributed by atoms with E-state index in [1.807, 2.05) is 23.5 Å². The second kappa shape index (κ2) is 10.4. The third-order valence-corrected chi connectivity index (χ3v) is 6.43. The number of carbonyl (C=O) groups excluding carboxylic acids is 1. The van der Waals surface area contributed by atoms with Gasteiger partial charge in [0.2, 0.25) is 5.65 Å².